The molecule has 0 saturated carbocycles. The third-order valence-electron chi connectivity index (χ3n) is 1.56. The predicted molar refractivity (Wildman–Crippen MR) is 58.5 cm³/mol. The summed E-state index contributed by atoms with van der Waals surface area (Å²) in [6.45, 7) is 5.94. The van der Waals surface area contributed by atoms with Crippen LogP contribution in [0.4, 0.5) is 5.69 Å². The Morgan fingerprint density at radius 3 is 2.77 bits per heavy atom. The maximum absolute atomic E-state index is 5.36. The van der Waals surface area contributed by atoms with Crippen LogP contribution in [-0.2, 0) is 0 Å². The van der Waals surface area contributed by atoms with Crippen LogP contribution in [0.1, 0.15) is 21.7 Å². The van der Waals surface area contributed by atoms with Crippen molar-refractivity contribution in [2.75, 3.05) is 18.5 Å². The Kier molecular flexibility index (Phi) is 4.16. The monoisotopic (exact) mass is 181 g/mol. The number of anilines is 1. The van der Waals surface area contributed by atoms with E-state index in [2.05, 4.69) is 19.2 Å². The van der Waals surface area contributed by atoms with Crippen LogP contribution in [0.15, 0.2) is 24.3 Å². The minimum absolute atomic E-state index is 0. The van der Waals surface area contributed by atoms with Crippen molar-refractivity contribution in [2.24, 2.45) is 0 Å². The molecule has 0 saturated heterocycles. The van der Waals surface area contributed by atoms with Gasteiger partial charge in [0.05, 0.1) is 5.69 Å². The summed E-state index contributed by atoms with van der Waals surface area (Å²) in [4.78, 5) is 0. The maximum Gasteiger partial charge on any atom is 0.142 e. The summed E-state index contributed by atoms with van der Waals surface area (Å²) >= 11 is 0. The molecule has 74 valence electrons. The van der Waals surface area contributed by atoms with E-state index in [4.69, 9.17) is 4.74 Å². The van der Waals surface area contributed by atoms with Gasteiger partial charge in [0.1, 0.15) is 12.4 Å². The topological polar surface area (TPSA) is 21.3 Å². The van der Waals surface area contributed by atoms with Gasteiger partial charge in [-0.25, -0.2) is 0 Å². The number of hydrogen-bond donors (Lipinski definition) is 1. The van der Waals surface area contributed by atoms with E-state index in [0.717, 1.165) is 24.6 Å². The zero-order chi connectivity index (χ0) is 9.52. The van der Waals surface area contributed by atoms with Gasteiger partial charge in [-0.15, -0.1) is 0 Å². The van der Waals surface area contributed by atoms with E-state index in [9.17, 15) is 0 Å². The summed E-state index contributed by atoms with van der Waals surface area (Å²) < 4.78 is 5.36. The minimum atomic E-state index is 0. The van der Waals surface area contributed by atoms with Crippen molar-refractivity contribution >= 4 is 5.69 Å². The smallest absolute Gasteiger partial charge is 0.142 e. The van der Waals surface area contributed by atoms with Gasteiger partial charge < -0.3 is 10.1 Å². The number of hydrogen-bond acceptors (Lipinski definition) is 2. The van der Waals surface area contributed by atoms with E-state index in [1.54, 1.807) is 0 Å². The van der Waals surface area contributed by atoms with E-state index in [0.29, 0.717) is 0 Å². The zero-order valence-corrected chi connectivity index (χ0v) is 8.34. The normalized spacial score (nSPS) is 12.8. The van der Waals surface area contributed by atoms with Crippen LogP contribution in [0.5, 0.6) is 5.75 Å². The molecule has 0 bridgehead atoms. The van der Waals surface area contributed by atoms with Gasteiger partial charge in [0, 0.05) is 7.97 Å². The lowest BCUT2D eigenvalue weighted by Crippen LogP contribution is -2.17. The fourth-order valence-electron chi connectivity index (χ4n) is 1.09. The molecule has 0 fully saturated rings. The summed E-state index contributed by atoms with van der Waals surface area (Å²) in [6.07, 6.45) is 1.25. The minimum Gasteiger partial charge on any atom is -0.490 e. The quantitative estimate of drug-likeness (QED) is 0.664. The molecule has 1 N–H and O–H groups in total. The molecule has 0 aliphatic carbocycles. The van der Waals surface area contributed by atoms with Crippen molar-refractivity contribution in [1.82, 2.24) is 0 Å². The number of nitrogens with one attached hydrogen (secondary N) is 1. The largest absolute Gasteiger partial charge is 0.490 e. The molecule has 1 heterocycles. The van der Waals surface area contributed by atoms with Crippen LogP contribution in [0, 0.1) is 0 Å². The SMILES string of the molecule is CCC.[HH].c1ccc2c(c1)NCCO2. The molecule has 2 nitrogen and oxygen atoms in total. The first-order valence-corrected chi connectivity index (χ1v) is 4.84. The van der Waals surface area contributed by atoms with Gasteiger partial charge in [-0.2, -0.15) is 0 Å². The average Bonchev–Trinajstić information content (AvgIpc) is 2.19. The second-order valence-corrected chi connectivity index (χ2v) is 2.98. The summed E-state index contributed by atoms with van der Waals surface area (Å²) in [6, 6.07) is 7.97. The zero-order valence-electron chi connectivity index (χ0n) is 8.34. The number of para-hydroxylation sites is 2. The van der Waals surface area contributed by atoms with E-state index in [1.807, 2.05) is 24.3 Å². The highest BCUT2D eigenvalue weighted by Crippen LogP contribution is 2.25. The Hall–Kier alpha value is -1.18. The van der Waals surface area contributed by atoms with Crippen molar-refractivity contribution in [2.45, 2.75) is 20.3 Å². The Balaban J connectivity index is 0.000000381. The van der Waals surface area contributed by atoms with Crippen LogP contribution in [0.3, 0.4) is 0 Å². The Morgan fingerprint density at radius 1 is 1.38 bits per heavy atom. The molecule has 0 amide bonds. The first-order chi connectivity index (χ1) is 6.38. The molecule has 2 heteroatoms. The van der Waals surface area contributed by atoms with Crippen LogP contribution in [0.2, 0.25) is 0 Å². The molecule has 0 spiro atoms. The van der Waals surface area contributed by atoms with Crippen molar-refractivity contribution in [3.63, 3.8) is 0 Å². The molecule has 0 radical (unpaired) electrons. The second-order valence-electron chi connectivity index (χ2n) is 2.98. The average molecular weight is 181 g/mol. The lowest BCUT2D eigenvalue weighted by molar-refractivity contribution is 0.323. The number of benzene rings is 1. The van der Waals surface area contributed by atoms with Gasteiger partial charge in [0.2, 0.25) is 0 Å². The van der Waals surface area contributed by atoms with E-state index >= 15 is 0 Å². The summed E-state index contributed by atoms with van der Waals surface area (Å²) in [7, 11) is 0. The molecular formula is C11H19NO. The molecule has 0 atom stereocenters. The van der Waals surface area contributed by atoms with Gasteiger partial charge in [-0.3, -0.25) is 0 Å². The van der Waals surface area contributed by atoms with Crippen LogP contribution in [0.25, 0.3) is 0 Å². The van der Waals surface area contributed by atoms with Gasteiger partial charge >= 0.3 is 0 Å². The van der Waals surface area contributed by atoms with Gasteiger partial charge in [0.25, 0.3) is 0 Å². The number of rotatable bonds is 0. The molecule has 2 rings (SSSR count). The highest BCUT2D eigenvalue weighted by Gasteiger charge is 2.05. The lowest BCUT2D eigenvalue weighted by atomic mass is 10.3. The van der Waals surface area contributed by atoms with Crippen molar-refractivity contribution in [3.05, 3.63) is 24.3 Å². The van der Waals surface area contributed by atoms with E-state index < -0.39 is 0 Å². The van der Waals surface area contributed by atoms with Crippen LogP contribution >= 0.6 is 0 Å². The van der Waals surface area contributed by atoms with Crippen molar-refractivity contribution in [3.8, 4) is 5.75 Å². The van der Waals surface area contributed by atoms with Crippen LogP contribution in [-0.4, -0.2) is 13.2 Å². The summed E-state index contributed by atoms with van der Waals surface area (Å²) in [5.74, 6) is 0.966. The van der Waals surface area contributed by atoms with Gasteiger partial charge in [0.15, 0.2) is 0 Å². The standard InChI is InChI=1S/C8H9NO.C3H8.H2/c1-2-4-8-7(3-1)9-5-6-10-8;1-3-2;/h1-4,9H,5-6H2;3H2,1-2H3;1H. The first-order valence-electron chi connectivity index (χ1n) is 4.84. The Morgan fingerprint density at radius 2 is 2.08 bits per heavy atom. The molecule has 1 aliphatic heterocycles. The lowest BCUT2D eigenvalue weighted by Gasteiger charge is -2.17. The van der Waals surface area contributed by atoms with Gasteiger partial charge in [-0.05, 0) is 12.1 Å². The highest BCUT2D eigenvalue weighted by molar-refractivity contribution is 5.57. The third-order valence-corrected chi connectivity index (χ3v) is 1.56. The van der Waals surface area contributed by atoms with Gasteiger partial charge in [-0.1, -0.05) is 32.4 Å². The highest BCUT2D eigenvalue weighted by atomic mass is 16.5. The third kappa shape index (κ3) is 2.98. The molecule has 1 aromatic carbocycles. The fourth-order valence-corrected chi connectivity index (χ4v) is 1.09. The molecule has 0 aromatic heterocycles. The molecular weight excluding hydrogens is 162 g/mol. The maximum atomic E-state index is 5.36. The molecule has 1 aromatic rings. The van der Waals surface area contributed by atoms with Crippen molar-refractivity contribution < 1.29 is 6.16 Å². The molecule has 13 heavy (non-hydrogen) atoms. The molecule has 1 aliphatic rings. The first kappa shape index (κ1) is 9.90. The Labute approximate surface area is 81.4 Å². The van der Waals surface area contributed by atoms with E-state index in [-0.39, 0.29) is 1.43 Å². The number of ether oxygens (including phenoxy) is 1. The van der Waals surface area contributed by atoms with Crippen LogP contribution < -0.4 is 10.1 Å². The van der Waals surface area contributed by atoms with Crippen molar-refractivity contribution in [1.29, 1.82) is 0 Å². The predicted octanol–water partition coefficient (Wildman–Crippen LogP) is 3.15. The molecule has 0 unspecified atom stereocenters. The summed E-state index contributed by atoms with van der Waals surface area (Å²) in [5, 5.41) is 3.24. The second kappa shape index (κ2) is 5.46. The number of fused-ring (bicyclic) bond motifs is 1. The Bertz CT molecular complexity index is 228. The fraction of sp³-hybridized carbons (Fsp3) is 0.455. The summed E-state index contributed by atoms with van der Waals surface area (Å²) in [5.41, 5.74) is 1.11. The van der Waals surface area contributed by atoms with E-state index in [1.165, 1.54) is 6.42 Å².